The number of benzene rings is 1. The molecule has 17 heavy (non-hydrogen) atoms. The lowest BCUT2D eigenvalue weighted by Crippen LogP contribution is -2.24. The van der Waals surface area contributed by atoms with Gasteiger partial charge in [-0.05, 0) is 37.6 Å². The number of nitrogens with zero attached hydrogens (tertiary/aromatic N) is 1. The monoisotopic (exact) mass is 293 g/mol. The lowest BCUT2D eigenvalue weighted by atomic mass is 10.2. The summed E-state index contributed by atoms with van der Waals surface area (Å²) >= 11 is 3.41. The van der Waals surface area contributed by atoms with Crippen molar-refractivity contribution in [1.82, 2.24) is 0 Å². The van der Waals surface area contributed by atoms with Crippen LogP contribution in [0.4, 0.5) is 5.69 Å². The minimum Gasteiger partial charge on any atom is -0.312 e. The van der Waals surface area contributed by atoms with Crippen LogP contribution < -0.4 is 4.90 Å². The van der Waals surface area contributed by atoms with E-state index in [0.717, 1.165) is 15.7 Å². The first-order valence-electron chi connectivity index (χ1n) is 5.39. The van der Waals surface area contributed by atoms with Crippen molar-refractivity contribution in [2.45, 2.75) is 13.8 Å². The smallest absolute Gasteiger partial charge is 0.250 e. The molecule has 0 saturated carbocycles. The fourth-order valence-corrected chi connectivity index (χ4v) is 1.95. The van der Waals surface area contributed by atoms with E-state index in [1.807, 2.05) is 44.2 Å². The van der Waals surface area contributed by atoms with Crippen molar-refractivity contribution < 1.29 is 4.79 Å². The van der Waals surface area contributed by atoms with E-state index in [4.69, 9.17) is 0 Å². The van der Waals surface area contributed by atoms with Gasteiger partial charge in [0.2, 0.25) is 0 Å². The normalized spacial score (nSPS) is 11.3. The summed E-state index contributed by atoms with van der Waals surface area (Å²) in [6.45, 7) is 3.90. The maximum atomic E-state index is 11.8. The average molecular weight is 294 g/mol. The van der Waals surface area contributed by atoms with Crippen molar-refractivity contribution in [3.63, 3.8) is 0 Å². The van der Waals surface area contributed by atoms with Gasteiger partial charge < -0.3 is 4.90 Å². The fraction of sp³-hybridized carbons (Fsp3) is 0.214. The van der Waals surface area contributed by atoms with Crippen molar-refractivity contribution in [2.24, 2.45) is 0 Å². The maximum absolute atomic E-state index is 11.8. The lowest BCUT2D eigenvalue weighted by Gasteiger charge is -2.17. The third-order valence-corrected chi connectivity index (χ3v) is 2.89. The van der Waals surface area contributed by atoms with Crippen LogP contribution >= 0.6 is 15.9 Å². The van der Waals surface area contributed by atoms with Crippen molar-refractivity contribution in [3.05, 3.63) is 52.5 Å². The van der Waals surface area contributed by atoms with Gasteiger partial charge in [-0.1, -0.05) is 34.2 Å². The predicted molar refractivity (Wildman–Crippen MR) is 76.2 cm³/mol. The van der Waals surface area contributed by atoms with Crippen LogP contribution in [0.3, 0.4) is 0 Å². The van der Waals surface area contributed by atoms with Crippen LogP contribution in [0.1, 0.15) is 12.5 Å². The molecular weight excluding hydrogens is 278 g/mol. The third kappa shape index (κ3) is 3.86. The topological polar surface area (TPSA) is 20.3 Å². The molecule has 0 radical (unpaired) electrons. The number of anilines is 1. The number of allylic oxidation sites excluding steroid dienone is 3. The van der Waals surface area contributed by atoms with E-state index in [1.165, 1.54) is 0 Å². The van der Waals surface area contributed by atoms with Gasteiger partial charge in [0.05, 0.1) is 0 Å². The number of aryl methyl sites for hydroxylation is 1. The van der Waals surface area contributed by atoms with Gasteiger partial charge in [0.25, 0.3) is 5.91 Å². The molecule has 2 nitrogen and oxygen atoms in total. The van der Waals surface area contributed by atoms with Crippen LogP contribution in [-0.4, -0.2) is 13.0 Å². The number of likely N-dealkylation sites (N-methyl/N-ethyl adjacent to an activating group) is 1. The van der Waals surface area contributed by atoms with Crippen molar-refractivity contribution in [1.29, 1.82) is 0 Å². The first-order valence-corrected chi connectivity index (χ1v) is 6.18. The van der Waals surface area contributed by atoms with E-state index in [-0.39, 0.29) is 5.91 Å². The van der Waals surface area contributed by atoms with Crippen LogP contribution in [0.5, 0.6) is 0 Å². The SMILES string of the molecule is CC=CC=CC(=O)N(C)c1ccc(Br)cc1C. The minimum absolute atomic E-state index is 0.0338. The van der Waals surface area contributed by atoms with E-state index in [9.17, 15) is 4.79 Å². The average Bonchev–Trinajstić information content (AvgIpc) is 2.28. The summed E-state index contributed by atoms with van der Waals surface area (Å²) in [5.74, 6) is -0.0338. The Morgan fingerprint density at radius 2 is 2.06 bits per heavy atom. The second-order valence-corrected chi connectivity index (χ2v) is 4.63. The molecule has 0 spiro atoms. The summed E-state index contributed by atoms with van der Waals surface area (Å²) in [6, 6.07) is 5.86. The van der Waals surface area contributed by atoms with Gasteiger partial charge in [-0.2, -0.15) is 0 Å². The van der Waals surface area contributed by atoms with Crippen LogP contribution in [0, 0.1) is 6.92 Å². The van der Waals surface area contributed by atoms with Crippen LogP contribution in [-0.2, 0) is 4.79 Å². The van der Waals surface area contributed by atoms with Crippen LogP contribution in [0.2, 0.25) is 0 Å². The van der Waals surface area contributed by atoms with Gasteiger partial charge in [0.1, 0.15) is 0 Å². The lowest BCUT2D eigenvalue weighted by molar-refractivity contribution is -0.113. The molecule has 0 saturated heterocycles. The van der Waals surface area contributed by atoms with E-state index >= 15 is 0 Å². The Morgan fingerprint density at radius 1 is 1.35 bits per heavy atom. The molecule has 0 aliphatic heterocycles. The zero-order valence-corrected chi connectivity index (χ0v) is 11.9. The summed E-state index contributed by atoms with van der Waals surface area (Å²) in [5, 5.41) is 0. The highest BCUT2D eigenvalue weighted by molar-refractivity contribution is 9.10. The number of carbonyl (C=O) groups excluding carboxylic acids is 1. The van der Waals surface area contributed by atoms with E-state index in [2.05, 4.69) is 15.9 Å². The maximum Gasteiger partial charge on any atom is 0.250 e. The molecule has 0 aliphatic rings. The molecule has 0 N–H and O–H groups in total. The Kier molecular flexibility index (Phi) is 5.16. The van der Waals surface area contributed by atoms with Crippen LogP contribution in [0.25, 0.3) is 0 Å². The highest BCUT2D eigenvalue weighted by atomic mass is 79.9. The summed E-state index contributed by atoms with van der Waals surface area (Å²) in [6.07, 6.45) is 7.02. The van der Waals surface area contributed by atoms with Crippen LogP contribution in [0.15, 0.2) is 47.0 Å². The molecule has 3 heteroatoms. The molecule has 0 fully saturated rings. The molecule has 0 aliphatic carbocycles. The molecule has 0 unspecified atom stereocenters. The van der Waals surface area contributed by atoms with Gasteiger partial charge in [-0.15, -0.1) is 0 Å². The highest BCUT2D eigenvalue weighted by Gasteiger charge is 2.09. The fourth-order valence-electron chi connectivity index (χ4n) is 1.47. The van der Waals surface area contributed by atoms with Gasteiger partial charge in [0.15, 0.2) is 0 Å². The van der Waals surface area contributed by atoms with Crippen molar-refractivity contribution >= 4 is 27.5 Å². The quantitative estimate of drug-likeness (QED) is 0.612. The Morgan fingerprint density at radius 3 is 2.65 bits per heavy atom. The summed E-state index contributed by atoms with van der Waals surface area (Å²) in [7, 11) is 1.78. The first-order chi connectivity index (χ1) is 8.06. The summed E-state index contributed by atoms with van der Waals surface area (Å²) in [4.78, 5) is 13.5. The number of amides is 1. The van der Waals surface area contributed by atoms with E-state index < -0.39 is 0 Å². The molecule has 1 aromatic carbocycles. The molecule has 0 aromatic heterocycles. The largest absolute Gasteiger partial charge is 0.312 e. The Bertz CT molecular complexity index is 463. The Balaban J connectivity index is 2.88. The number of carbonyl (C=O) groups is 1. The minimum atomic E-state index is -0.0338. The Labute approximate surface area is 111 Å². The molecule has 90 valence electrons. The second kappa shape index (κ2) is 6.40. The number of hydrogen-bond acceptors (Lipinski definition) is 1. The van der Waals surface area contributed by atoms with Crippen molar-refractivity contribution in [2.75, 3.05) is 11.9 Å². The Hall–Kier alpha value is -1.35. The standard InChI is InChI=1S/C14H16BrNO/c1-4-5-6-7-14(17)16(3)13-9-8-12(15)10-11(13)2/h4-10H,1-3H3. The molecular formula is C14H16BrNO. The third-order valence-electron chi connectivity index (χ3n) is 2.39. The molecule has 0 heterocycles. The molecule has 1 amide bonds. The summed E-state index contributed by atoms with van der Waals surface area (Å²) in [5.41, 5.74) is 1.98. The molecule has 1 aromatic rings. The van der Waals surface area contributed by atoms with E-state index in [1.54, 1.807) is 24.1 Å². The highest BCUT2D eigenvalue weighted by Crippen LogP contribution is 2.23. The molecule has 0 atom stereocenters. The molecule has 1 rings (SSSR count). The molecule has 0 bridgehead atoms. The zero-order valence-electron chi connectivity index (χ0n) is 10.3. The van der Waals surface area contributed by atoms with Gasteiger partial charge in [-0.25, -0.2) is 0 Å². The zero-order chi connectivity index (χ0) is 12.8. The second-order valence-electron chi connectivity index (χ2n) is 3.71. The summed E-state index contributed by atoms with van der Waals surface area (Å²) < 4.78 is 1.02. The number of rotatable bonds is 3. The van der Waals surface area contributed by atoms with E-state index in [0.29, 0.717) is 0 Å². The number of halogens is 1. The van der Waals surface area contributed by atoms with Crippen molar-refractivity contribution in [3.8, 4) is 0 Å². The van der Waals surface area contributed by atoms with Gasteiger partial charge >= 0.3 is 0 Å². The predicted octanol–water partition coefficient (Wildman–Crippen LogP) is 3.85. The number of hydrogen-bond donors (Lipinski definition) is 0. The first kappa shape index (κ1) is 13.7. The van der Waals surface area contributed by atoms with Gasteiger partial charge in [-0.3, -0.25) is 4.79 Å². The van der Waals surface area contributed by atoms with Gasteiger partial charge in [0, 0.05) is 23.3 Å².